The molecule has 2 N–H and O–H groups in total. The van der Waals surface area contributed by atoms with Crippen molar-refractivity contribution in [3.8, 4) is 0 Å². The van der Waals surface area contributed by atoms with Crippen LogP contribution in [0.3, 0.4) is 0 Å². The first-order valence-electron chi connectivity index (χ1n) is 8.30. The summed E-state index contributed by atoms with van der Waals surface area (Å²) >= 11 is 3.73. The Balaban J connectivity index is 2.26. The van der Waals surface area contributed by atoms with Crippen LogP contribution in [0.25, 0.3) is 0 Å². The normalized spacial score (nSPS) is 18.2. The van der Waals surface area contributed by atoms with E-state index in [0.717, 1.165) is 24.9 Å². The second kappa shape index (κ2) is 7.75. The van der Waals surface area contributed by atoms with E-state index in [9.17, 15) is 0 Å². The summed E-state index contributed by atoms with van der Waals surface area (Å²) in [6.45, 7) is 7.96. The third-order valence-electron chi connectivity index (χ3n) is 4.44. The van der Waals surface area contributed by atoms with E-state index >= 15 is 0 Å². The maximum atomic E-state index is 6.53. The summed E-state index contributed by atoms with van der Waals surface area (Å²) < 4.78 is 1.19. The average molecular weight is 353 g/mol. The molecule has 2 atom stereocenters. The van der Waals surface area contributed by atoms with Crippen molar-refractivity contribution in [2.45, 2.75) is 64.6 Å². The minimum Gasteiger partial charge on any atom is -0.326 e. The predicted octanol–water partition coefficient (Wildman–Crippen LogP) is 4.74. The zero-order chi connectivity index (χ0) is 15.4. The maximum absolute atomic E-state index is 6.53. The molecule has 0 spiro atoms. The fourth-order valence-corrected chi connectivity index (χ4v) is 3.48. The van der Waals surface area contributed by atoms with Crippen LogP contribution in [0, 0.1) is 5.92 Å². The lowest BCUT2D eigenvalue weighted by Gasteiger charge is -2.37. The molecule has 2 unspecified atom stereocenters. The summed E-state index contributed by atoms with van der Waals surface area (Å²) in [7, 11) is 0. The van der Waals surface area contributed by atoms with Gasteiger partial charge in [0.15, 0.2) is 0 Å². The fourth-order valence-electron chi connectivity index (χ4n) is 2.96. The second-order valence-corrected chi connectivity index (χ2v) is 7.54. The standard InChI is InChI=1S/C18H29BrN2/c1-4-17(20)18(15-7-5-6-8-16(15)19)21(14-9-10-14)12-11-13(2)3/h5-8,13-14,17-18H,4,9-12,20H2,1-3H3. The first-order valence-corrected chi connectivity index (χ1v) is 9.09. The van der Waals surface area contributed by atoms with Crippen molar-refractivity contribution in [3.05, 3.63) is 34.3 Å². The van der Waals surface area contributed by atoms with Gasteiger partial charge >= 0.3 is 0 Å². The van der Waals surface area contributed by atoms with Gasteiger partial charge in [-0.1, -0.05) is 54.9 Å². The molecule has 1 aromatic carbocycles. The Morgan fingerprint density at radius 3 is 2.48 bits per heavy atom. The zero-order valence-corrected chi connectivity index (χ0v) is 15.1. The molecule has 1 fully saturated rings. The summed E-state index contributed by atoms with van der Waals surface area (Å²) in [5.41, 5.74) is 7.88. The van der Waals surface area contributed by atoms with Crippen LogP contribution in [0.15, 0.2) is 28.7 Å². The van der Waals surface area contributed by atoms with Crippen molar-refractivity contribution in [3.63, 3.8) is 0 Å². The van der Waals surface area contributed by atoms with E-state index in [0.29, 0.717) is 6.04 Å². The SMILES string of the molecule is CCC(N)C(c1ccccc1Br)N(CCC(C)C)C1CC1. The van der Waals surface area contributed by atoms with E-state index in [-0.39, 0.29) is 6.04 Å². The third kappa shape index (κ3) is 4.54. The summed E-state index contributed by atoms with van der Waals surface area (Å²) in [6.07, 6.45) is 4.91. The quantitative estimate of drug-likeness (QED) is 0.732. The van der Waals surface area contributed by atoms with Gasteiger partial charge in [0, 0.05) is 16.6 Å². The Bertz CT molecular complexity index is 443. The number of hydrogen-bond acceptors (Lipinski definition) is 2. The maximum Gasteiger partial charge on any atom is 0.0513 e. The van der Waals surface area contributed by atoms with Crippen LogP contribution in [-0.2, 0) is 0 Å². The monoisotopic (exact) mass is 352 g/mol. The lowest BCUT2D eigenvalue weighted by atomic mass is 9.95. The second-order valence-electron chi connectivity index (χ2n) is 6.69. The molecule has 0 aliphatic heterocycles. The third-order valence-corrected chi connectivity index (χ3v) is 5.16. The lowest BCUT2D eigenvalue weighted by Crippen LogP contribution is -2.43. The minimum absolute atomic E-state index is 0.191. The highest BCUT2D eigenvalue weighted by molar-refractivity contribution is 9.10. The fraction of sp³-hybridized carbons (Fsp3) is 0.667. The lowest BCUT2D eigenvalue weighted by molar-refractivity contribution is 0.150. The van der Waals surface area contributed by atoms with Crippen molar-refractivity contribution >= 4 is 15.9 Å². The van der Waals surface area contributed by atoms with E-state index < -0.39 is 0 Å². The highest BCUT2D eigenvalue weighted by Gasteiger charge is 2.37. The zero-order valence-electron chi connectivity index (χ0n) is 13.6. The molecule has 0 heterocycles. The molecule has 0 saturated heterocycles. The summed E-state index contributed by atoms with van der Waals surface area (Å²) in [5, 5.41) is 0. The molecule has 1 aliphatic rings. The van der Waals surface area contributed by atoms with Crippen LogP contribution >= 0.6 is 15.9 Å². The van der Waals surface area contributed by atoms with Gasteiger partial charge in [-0.2, -0.15) is 0 Å². The van der Waals surface area contributed by atoms with E-state index in [1.807, 2.05) is 0 Å². The molecule has 1 aromatic rings. The molecule has 0 bridgehead atoms. The molecular weight excluding hydrogens is 324 g/mol. The Kier molecular flexibility index (Phi) is 6.27. The average Bonchev–Trinajstić information content (AvgIpc) is 3.28. The molecule has 1 aliphatic carbocycles. The van der Waals surface area contributed by atoms with E-state index in [1.165, 1.54) is 29.3 Å². The van der Waals surface area contributed by atoms with Gasteiger partial charge in [-0.25, -0.2) is 0 Å². The number of rotatable bonds is 8. The topological polar surface area (TPSA) is 29.3 Å². The summed E-state index contributed by atoms with van der Waals surface area (Å²) in [4.78, 5) is 2.67. The number of halogens is 1. The molecular formula is C18H29BrN2. The van der Waals surface area contributed by atoms with Gasteiger partial charge in [-0.15, -0.1) is 0 Å². The molecule has 0 amide bonds. The van der Waals surface area contributed by atoms with Gasteiger partial charge in [0.05, 0.1) is 6.04 Å². The first kappa shape index (κ1) is 17.0. The Morgan fingerprint density at radius 2 is 1.95 bits per heavy atom. The number of nitrogens with two attached hydrogens (primary N) is 1. The van der Waals surface area contributed by atoms with Gasteiger partial charge in [0.1, 0.15) is 0 Å². The van der Waals surface area contributed by atoms with E-state index in [2.05, 4.69) is 65.9 Å². The molecule has 2 nitrogen and oxygen atoms in total. The smallest absolute Gasteiger partial charge is 0.0513 e. The molecule has 118 valence electrons. The molecule has 21 heavy (non-hydrogen) atoms. The number of hydrogen-bond donors (Lipinski definition) is 1. The van der Waals surface area contributed by atoms with Crippen molar-refractivity contribution in [1.29, 1.82) is 0 Å². The van der Waals surface area contributed by atoms with Crippen LogP contribution in [-0.4, -0.2) is 23.5 Å². The van der Waals surface area contributed by atoms with Crippen molar-refractivity contribution in [1.82, 2.24) is 4.90 Å². The van der Waals surface area contributed by atoms with Gasteiger partial charge in [0.2, 0.25) is 0 Å². The van der Waals surface area contributed by atoms with Gasteiger partial charge in [-0.3, -0.25) is 4.90 Å². The predicted molar refractivity (Wildman–Crippen MR) is 94.3 cm³/mol. The Labute approximate surface area is 138 Å². The molecule has 0 aromatic heterocycles. The summed E-state index contributed by atoms with van der Waals surface area (Å²) in [5.74, 6) is 0.740. The minimum atomic E-state index is 0.191. The van der Waals surface area contributed by atoms with Crippen LogP contribution < -0.4 is 5.73 Å². The molecule has 2 rings (SSSR count). The Hall–Kier alpha value is -0.380. The van der Waals surface area contributed by atoms with Crippen molar-refractivity contribution in [2.75, 3.05) is 6.54 Å². The van der Waals surface area contributed by atoms with E-state index in [1.54, 1.807) is 0 Å². The van der Waals surface area contributed by atoms with Crippen LogP contribution in [0.5, 0.6) is 0 Å². The Morgan fingerprint density at radius 1 is 1.29 bits per heavy atom. The van der Waals surface area contributed by atoms with Crippen molar-refractivity contribution in [2.24, 2.45) is 11.7 Å². The van der Waals surface area contributed by atoms with Gasteiger partial charge in [0.25, 0.3) is 0 Å². The van der Waals surface area contributed by atoms with Crippen molar-refractivity contribution < 1.29 is 0 Å². The van der Waals surface area contributed by atoms with Crippen LogP contribution in [0.2, 0.25) is 0 Å². The van der Waals surface area contributed by atoms with Gasteiger partial charge in [-0.05, 0) is 49.8 Å². The molecule has 3 heteroatoms. The molecule has 0 radical (unpaired) electrons. The largest absolute Gasteiger partial charge is 0.326 e. The molecule has 1 saturated carbocycles. The first-order chi connectivity index (χ1) is 10.0. The number of nitrogens with zero attached hydrogens (tertiary/aromatic N) is 1. The van der Waals surface area contributed by atoms with E-state index in [4.69, 9.17) is 5.73 Å². The summed E-state index contributed by atoms with van der Waals surface area (Å²) in [6, 6.07) is 9.83. The van der Waals surface area contributed by atoms with Crippen LogP contribution in [0.1, 0.15) is 58.1 Å². The highest BCUT2D eigenvalue weighted by atomic mass is 79.9. The highest BCUT2D eigenvalue weighted by Crippen LogP contribution is 2.39. The number of benzene rings is 1. The van der Waals surface area contributed by atoms with Crippen LogP contribution in [0.4, 0.5) is 0 Å². The van der Waals surface area contributed by atoms with Gasteiger partial charge < -0.3 is 5.73 Å².